The summed E-state index contributed by atoms with van der Waals surface area (Å²) in [6.45, 7) is 0. The van der Waals surface area contributed by atoms with Gasteiger partial charge in [-0.25, -0.2) is 0 Å². The fourth-order valence-electron chi connectivity index (χ4n) is 1.72. The highest BCUT2D eigenvalue weighted by Gasteiger charge is 2.30. The molecule has 0 aromatic heterocycles. The van der Waals surface area contributed by atoms with Gasteiger partial charge < -0.3 is 5.73 Å². The Balaban J connectivity index is 2.03. The fraction of sp³-hybridized carbons (Fsp3) is 0.500. The number of anilines is 1. The second kappa shape index (κ2) is 4.80. The topological polar surface area (TPSA) is 26.0 Å². The van der Waals surface area contributed by atoms with E-state index >= 15 is 0 Å². The van der Waals surface area contributed by atoms with Crippen LogP contribution in [0.4, 0.5) is 18.9 Å². The molecule has 5 heteroatoms. The lowest BCUT2D eigenvalue weighted by molar-refractivity contribution is -0.137. The number of nitrogens with two attached hydrogens (primary N) is 1. The third-order valence-electron chi connectivity index (χ3n) is 3.04. The Labute approximate surface area is 103 Å². The van der Waals surface area contributed by atoms with Gasteiger partial charge >= 0.3 is 6.18 Å². The summed E-state index contributed by atoms with van der Waals surface area (Å²) >= 11 is 1.56. The summed E-state index contributed by atoms with van der Waals surface area (Å²) in [4.78, 5) is 0.755. The van der Waals surface area contributed by atoms with E-state index in [4.69, 9.17) is 5.73 Å². The van der Waals surface area contributed by atoms with Crippen molar-refractivity contribution in [2.24, 2.45) is 5.92 Å². The number of hydrogen-bond donors (Lipinski definition) is 1. The van der Waals surface area contributed by atoms with Gasteiger partial charge in [0, 0.05) is 16.3 Å². The second-order valence-electron chi connectivity index (χ2n) is 4.36. The molecule has 0 bridgehead atoms. The van der Waals surface area contributed by atoms with Crippen LogP contribution in [-0.4, -0.2) is 5.75 Å². The van der Waals surface area contributed by atoms with Gasteiger partial charge in [-0.15, -0.1) is 11.8 Å². The maximum Gasteiger partial charge on any atom is 0.416 e. The minimum Gasteiger partial charge on any atom is -0.398 e. The molecule has 2 rings (SSSR count). The first kappa shape index (κ1) is 12.6. The molecule has 0 radical (unpaired) electrons. The summed E-state index contributed by atoms with van der Waals surface area (Å²) in [6, 6.07) is 3.59. The van der Waals surface area contributed by atoms with Crippen LogP contribution in [-0.2, 0) is 6.18 Å². The molecule has 0 spiro atoms. The van der Waals surface area contributed by atoms with E-state index in [1.54, 1.807) is 11.8 Å². The summed E-state index contributed by atoms with van der Waals surface area (Å²) < 4.78 is 37.2. The number of benzene rings is 1. The smallest absolute Gasteiger partial charge is 0.398 e. The van der Waals surface area contributed by atoms with Gasteiger partial charge in [-0.05, 0) is 37.0 Å². The number of thioether (sulfide) groups is 1. The molecular formula is C12H14F3NS. The van der Waals surface area contributed by atoms with Gasteiger partial charge in [0.25, 0.3) is 0 Å². The molecule has 17 heavy (non-hydrogen) atoms. The highest BCUT2D eigenvalue weighted by Crippen LogP contribution is 2.37. The summed E-state index contributed by atoms with van der Waals surface area (Å²) in [6.07, 6.45) is -0.583. The minimum absolute atomic E-state index is 0.226. The van der Waals surface area contributed by atoms with Crippen molar-refractivity contribution in [1.29, 1.82) is 0 Å². The third kappa shape index (κ3) is 3.09. The van der Waals surface area contributed by atoms with E-state index in [9.17, 15) is 13.2 Å². The van der Waals surface area contributed by atoms with E-state index < -0.39 is 11.7 Å². The van der Waals surface area contributed by atoms with Gasteiger partial charge in [0.1, 0.15) is 0 Å². The summed E-state index contributed by atoms with van der Waals surface area (Å²) in [5, 5.41) is 0. The Hall–Kier alpha value is -0.840. The van der Waals surface area contributed by atoms with Crippen LogP contribution in [0.2, 0.25) is 0 Å². The Bertz CT molecular complexity index is 399. The zero-order chi connectivity index (χ0) is 12.5. The quantitative estimate of drug-likeness (QED) is 0.652. The SMILES string of the molecule is Nc1cc(C(F)(F)F)ccc1SCC1CCC1. The average molecular weight is 261 g/mol. The molecule has 1 saturated carbocycles. The van der Waals surface area contributed by atoms with Crippen molar-refractivity contribution >= 4 is 17.4 Å². The molecule has 1 aromatic rings. The van der Waals surface area contributed by atoms with Crippen LogP contribution in [0, 0.1) is 5.92 Å². The lowest BCUT2D eigenvalue weighted by Gasteiger charge is -2.24. The molecule has 1 nitrogen and oxygen atoms in total. The Morgan fingerprint density at radius 1 is 1.29 bits per heavy atom. The summed E-state index contributed by atoms with van der Waals surface area (Å²) in [5.41, 5.74) is 5.19. The van der Waals surface area contributed by atoms with Crippen molar-refractivity contribution < 1.29 is 13.2 Å². The van der Waals surface area contributed by atoms with Crippen LogP contribution in [0.5, 0.6) is 0 Å². The first-order valence-corrected chi connectivity index (χ1v) is 6.55. The van der Waals surface area contributed by atoms with Crippen molar-refractivity contribution in [3.63, 3.8) is 0 Å². The van der Waals surface area contributed by atoms with Gasteiger partial charge in [0.15, 0.2) is 0 Å². The van der Waals surface area contributed by atoms with Crippen molar-refractivity contribution in [3.05, 3.63) is 23.8 Å². The van der Waals surface area contributed by atoms with Crippen LogP contribution in [0.1, 0.15) is 24.8 Å². The molecule has 0 amide bonds. The fourth-order valence-corrected chi connectivity index (χ4v) is 2.86. The molecule has 1 aliphatic rings. The molecule has 0 unspecified atom stereocenters. The number of nitrogen functional groups attached to an aromatic ring is 1. The van der Waals surface area contributed by atoms with Gasteiger partial charge in [-0.3, -0.25) is 0 Å². The Morgan fingerprint density at radius 2 is 2.00 bits per heavy atom. The van der Waals surface area contributed by atoms with Crippen molar-refractivity contribution in [2.45, 2.75) is 30.3 Å². The van der Waals surface area contributed by atoms with E-state index in [-0.39, 0.29) is 5.69 Å². The summed E-state index contributed by atoms with van der Waals surface area (Å²) in [5.74, 6) is 1.66. The molecule has 0 saturated heterocycles. The van der Waals surface area contributed by atoms with Crippen LogP contribution in [0.25, 0.3) is 0 Å². The first-order chi connectivity index (χ1) is 7.97. The zero-order valence-electron chi connectivity index (χ0n) is 9.26. The lowest BCUT2D eigenvalue weighted by Crippen LogP contribution is -2.13. The van der Waals surface area contributed by atoms with E-state index in [1.165, 1.54) is 25.3 Å². The number of rotatable bonds is 3. The molecule has 0 heterocycles. The van der Waals surface area contributed by atoms with E-state index in [2.05, 4.69) is 0 Å². The van der Waals surface area contributed by atoms with E-state index in [0.29, 0.717) is 5.92 Å². The lowest BCUT2D eigenvalue weighted by atomic mass is 9.87. The normalized spacial score (nSPS) is 16.9. The van der Waals surface area contributed by atoms with E-state index in [0.717, 1.165) is 22.8 Å². The molecule has 1 aliphatic carbocycles. The maximum absolute atomic E-state index is 12.4. The molecule has 1 fully saturated rings. The number of halogens is 3. The molecule has 1 aromatic carbocycles. The standard InChI is InChI=1S/C12H14F3NS/c13-12(14,15)9-4-5-11(10(16)6-9)17-7-8-2-1-3-8/h4-6,8H,1-3,7,16H2. The van der Waals surface area contributed by atoms with Gasteiger partial charge in [0.2, 0.25) is 0 Å². The Morgan fingerprint density at radius 3 is 2.47 bits per heavy atom. The average Bonchev–Trinajstić information content (AvgIpc) is 2.16. The van der Waals surface area contributed by atoms with Crippen molar-refractivity contribution in [1.82, 2.24) is 0 Å². The van der Waals surface area contributed by atoms with Crippen LogP contribution < -0.4 is 5.73 Å². The number of alkyl halides is 3. The molecule has 0 aliphatic heterocycles. The van der Waals surface area contributed by atoms with Crippen LogP contribution >= 0.6 is 11.8 Å². The zero-order valence-corrected chi connectivity index (χ0v) is 10.1. The molecule has 94 valence electrons. The van der Waals surface area contributed by atoms with Crippen LogP contribution in [0.15, 0.2) is 23.1 Å². The maximum atomic E-state index is 12.4. The minimum atomic E-state index is -4.31. The van der Waals surface area contributed by atoms with Crippen molar-refractivity contribution in [3.8, 4) is 0 Å². The highest BCUT2D eigenvalue weighted by atomic mass is 32.2. The predicted octanol–water partition coefficient (Wildman–Crippen LogP) is 4.18. The summed E-state index contributed by atoms with van der Waals surface area (Å²) in [7, 11) is 0. The van der Waals surface area contributed by atoms with Crippen molar-refractivity contribution in [2.75, 3.05) is 11.5 Å². The van der Waals surface area contributed by atoms with Gasteiger partial charge in [-0.2, -0.15) is 13.2 Å². The largest absolute Gasteiger partial charge is 0.416 e. The monoisotopic (exact) mass is 261 g/mol. The third-order valence-corrected chi connectivity index (χ3v) is 4.36. The van der Waals surface area contributed by atoms with Gasteiger partial charge in [-0.1, -0.05) is 6.42 Å². The van der Waals surface area contributed by atoms with Gasteiger partial charge in [0.05, 0.1) is 5.56 Å². The second-order valence-corrected chi connectivity index (χ2v) is 5.42. The predicted molar refractivity (Wildman–Crippen MR) is 63.9 cm³/mol. The highest BCUT2D eigenvalue weighted by molar-refractivity contribution is 7.99. The van der Waals surface area contributed by atoms with E-state index in [1.807, 2.05) is 0 Å². The Kier molecular flexibility index (Phi) is 3.56. The first-order valence-electron chi connectivity index (χ1n) is 5.56. The van der Waals surface area contributed by atoms with Crippen LogP contribution in [0.3, 0.4) is 0 Å². The molecule has 0 atom stereocenters. The molecular weight excluding hydrogens is 247 g/mol. The number of hydrogen-bond acceptors (Lipinski definition) is 2. The molecule has 2 N–H and O–H groups in total.